The van der Waals surface area contributed by atoms with Crippen molar-refractivity contribution >= 4 is 5.97 Å². The maximum Gasteiger partial charge on any atom is 0.490 e. The zero-order valence-corrected chi connectivity index (χ0v) is 20.8. The summed E-state index contributed by atoms with van der Waals surface area (Å²) in [4.78, 5) is 11.9. The van der Waals surface area contributed by atoms with Crippen molar-refractivity contribution < 1.29 is 46.0 Å². The van der Waals surface area contributed by atoms with Crippen LogP contribution in [0.4, 0.5) is 17.6 Å². The van der Waals surface area contributed by atoms with E-state index in [9.17, 15) is 18.0 Å². The molecule has 1 heterocycles. The molecular formula is C29H28F4O6. The number of carbonyl (C=O) groups excluding carboxylic acids is 1. The number of esters is 1. The fourth-order valence-electron chi connectivity index (χ4n) is 4.10. The van der Waals surface area contributed by atoms with Crippen LogP contribution in [0.5, 0.6) is 0 Å². The number of carbonyl (C=O) groups is 1. The quantitative estimate of drug-likeness (QED) is 0.232. The van der Waals surface area contributed by atoms with Gasteiger partial charge in [-0.1, -0.05) is 91.0 Å². The Balaban J connectivity index is 1.57. The van der Waals surface area contributed by atoms with Crippen molar-refractivity contribution in [3.63, 3.8) is 0 Å². The lowest BCUT2D eigenvalue weighted by Gasteiger charge is -2.43. The summed E-state index contributed by atoms with van der Waals surface area (Å²) in [5.41, 5.74) is 2.17. The van der Waals surface area contributed by atoms with Crippen LogP contribution in [0.25, 0.3) is 0 Å². The Morgan fingerprint density at radius 2 is 1.15 bits per heavy atom. The molecule has 1 fully saturated rings. The third-order valence-electron chi connectivity index (χ3n) is 6.02. The van der Waals surface area contributed by atoms with Crippen LogP contribution in [0, 0.1) is 0 Å². The highest BCUT2D eigenvalue weighted by Gasteiger charge is 2.53. The topological polar surface area (TPSA) is 63.2 Å². The van der Waals surface area contributed by atoms with Crippen molar-refractivity contribution in [2.45, 2.75) is 56.8 Å². The summed E-state index contributed by atoms with van der Waals surface area (Å²) >= 11 is 0. The molecule has 3 aromatic carbocycles. The van der Waals surface area contributed by atoms with Crippen LogP contribution in [0.1, 0.15) is 16.7 Å². The molecule has 10 heteroatoms. The Bertz CT molecular complexity index is 1150. The molecule has 5 atom stereocenters. The second-order valence-corrected chi connectivity index (χ2v) is 8.92. The third-order valence-corrected chi connectivity index (χ3v) is 6.02. The molecule has 0 saturated carbocycles. The summed E-state index contributed by atoms with van der Waals surface area (Å²) in [6, 6.07) is 26.6. The first-order chi connectivity index (χ1) is 18.8. The summed E-state index contributed by atoms with van der Waals surface area (Å²) in [6.07, 6.45) is -13.5. The minimum absolute atomic E-state index is 0.0630. The van der Waals surface area contributed by atoms with Gasteiger partial charge in [0.25, 0.3) is 0 Å². The lowest BCUT2D eigenvalue weighted by Crippen LogP contribution is -2.61. The van der Waals surface area contributed by atoms with Gasteiger partial charge < -0.3 is 23.7 Å². The Morgan fingerprint density at radius 1 is 0.692 bits per heavy atom. The van der Waals surface area contributed by atoms with Crippen LogP contribution in [-0.2, 0) is 48.3 Å². The maximum absolute atomic E-state index is 15.4. The monoisotopic (exact) mass is 548 g/mol. The Morgan fingerprint density at radius 3 is 1.64 bits per heavy atom. The van der Waals surface area contributed by atoms with Gasteiger partial charge in [-0.3, -0.25) is 0 Å². The number of alkyl halides is 4. The second kappa shape index (κ2) is 13.7. The normalized spacial score (nSPS) is 23.3. The van der Waals surface area contributed by atoms with Gasteiger partial charge in [0.2, 0.25) is 6.36 Å². The number of hydrogen-bond donors (Lipinski definition) is 0. The molecule has 1 saturated heterocycles. The molecule has 0 spiro atoms. The van der Waals surface area contributed by atoms with Gasteiger partial charge in [-0.15, -0.1) is 0 Å². The van der Waals surface area contributed by atoms with Crippen molar-refractivity contribution in [1.82, 2.24) is 0 Å². The number of rotatable bonds is 11. The highest BCUT2D eigenvalue weighted by molar-refractivity contribution is 5.75. The molecule has 3 aromatic rings. The van der Waals surface area contributed by atoms with Crippen molar-refractivity contribution in [2.75, 3.05) is 6.61 Å². The third kappa shape index (κ3) is 8.34. The Kier molecular flexibility index (Phi) is 10.0. The molecule has 1 aliphatic heterocycles. The summed E-state index contributed by atoms with van der Waals surface area (Å²) in [7, 11) is 0. The van der Waals surface area contributed by atoms with Crippen LogP contribution < -0.4 is 0 Å². The highest BCUT2D eigenvalue weighted by Crippen LogP contribution is 2.32. The molecule has 0 radical (unpaired) electrons. The fraction of sp³-hybridized carbons (Fsp3) is 0.345. The molecule has 0 amide bonds. The molecule has 4 rings (SSSR count). The molecule has 39 heavy (non-hydrogen) atoms. The van der Waals surface area contributed by atoms with Gasteiger partial charge in [0.05, 0.1) is 26.4 Å². The average molecular weight is 549 g/mol. The zero-order chi connectivity index (χ0) is 27.7. The van der Waals surface area contributed by atoms with Gasteiger partial charge in [0, 0.05) is 0 Å². The van der Waals surface area contributed by atoms with Crippen LogP contribution >= 0.6 is 0 Å². The van der Waals surface area contributed by atoms with E-state index in [1.165, 1.54) is 0 Å². The van der Waals surface area contributed by atoms with E-state index in [1.807, 2.05) is 30.3 Å². The van der Waals surface area contributed by atoms with Crippen LogP contribution in [0.15, 0.2) is 91.0 Å². The minimum atomic E-state index is -5.31. The van der Waals surface area contributed by atoms with E-state index in [2.05, 4.69) is 0 Å². The molecular weight excluding hydrogens is 520 g/mol. The van der Waals surface area contributed by atoms with Gasteiger partial charge in [-0.25, -0.2) is 9.18 Å². The van der Waals surface area contributed by atoms with Gasteiger partial charge in [0.15, 0.2) is 12.2 Å². The predicted octanol–water partition coefficient (Wildman–Crippen LogP) is 5.54. The maximum atomic E-state index is 15.4. The SMILES string of the molecule is O=C(O[C@@H]1[C@H](OCc2ccccc2)[C@@H](F)O[C@H](COCc2ccccc2)[C@H]1OCc1ccccc1)C(F)(F)F. The summed E-state index contributed by atoms with van der Waals surface area (Å²) in [5, 5.41) is 0. The number of benzene rings is 3. The van der Waals surface area contributed by atoms with E-state index in [0.29, 0.717) is 11.1 Å². The molecule has 0 aromatic heterocycles. The zero-order valence-electron chi connectivity index (χ0n) is 20.8. The summed E-state index contributed by atoms with van der Waals surface area (Å²) < 4.78 is 82.7. The van der Waals surface area contributed by atoms with Crippen molar-refractivity contribution in [3.8, 4) is 0 Å². The number of halogens is 4. The van der Waals surface area contributed by atoms with Gasteiger partial charge >= 0.3 is 12.1 Å². The van der Waals surface area contributed by atoms with E-state index in [-0.39, 0.29) is 26.4 Å². The van der Waals surface area contributed by atoms with E-state index in [0.717, 1.165) is 5.56 Å². The Hall–Kier alpha value is -3.31. The first-order valence-electron chi connectivity index (χ1n) is 12.3. The van der Waals surface area contributed by atoms with Crippen molar-refractivity contribution in [2.24, 2.45) is 0 Å². The molecule has 6 nitrogen and oxygen atoms in total. The van der Waals surface area contributed by atoms with Crippen LogP contribution in [-0.4, -0.2) is 49.5 Å². The predicted molar refractivity (Wildman–Crippen MR) is 132 cm³/mol. The lowest BCUT2D eigenvalue weighted by molar-refractivity contribution is -0.298. The van der Waals surface area contributed by atoms with Crippen molar-refractivity contribution in [1.29, 1.82) is 0 Å². The standard InChI is InChI=1S/C29H28F4O6/c30-27-26(37-18-22-14-8-3-9-15-22)25(39-28(34)29(31,32)33)24(36-17-21-12-6-2-7-13-21)23(38-27)19-35-16-20-10-4-1-5-11-20/h1-15,23-27H,16-19H2/t23-,24-,25+,26+,27+/m1/s1. The smallest absolute Gasteiger partial charge is 0.450 e. The van der Waals surface area contributed by atoms with Crippen LogP contribution in [0.2, 0.25) is 0 Å². The number of hydrogen-bond acceptors (Lipinski definition) is 6. The number of ether oxygens (including phenoxy) is 5. The first kappa shape index (κ1) is 28.7. The Labute approximate surface area is 223 Å². The van der Waals surface area contributed by atoms with Gasteiger partial charge in [-0.05, 0) is 16.7 Å². The van der Waals surface area contributed by atoms with Crippen molar-refractivity contribution in [3.05, 3.63) is 108 Å². The summed E-state index contributed by atoms with van der Waals surface area (Å²) in [6.45, 7) is -0.313. The fourth-order valence-corrected chi connectivity index (χ4v) is 4.10. The summed E-state index contributed by atoms with van der Waals surface area (Å²) in [5.74, 6) is -2.48. The van der Waals surface area contributed by atoms with E-state index in [1.54, 1.807) is 60.7 Å². The van der Waals surface area contributed by atoms with E-state index in [4.69, 9.17) is 23.7 Å². The molecule has 1 aliphatic rings. The van der Waals surface area contributed by atoms with E-state index < -0.39 is 42.9 Å². The largest absolute Gasteiger partial charge is 0.490 e. The molecule has 208 valence electrons. The second-order valence-electron chi connectivity index (χ2n) is 8.92. The molecule has 0 N–H and O–H groups in total. The molecule has 0 bridgehead atoms. The molecule has 0 unspecified atom stereocenters. The highest BCUT2D eigenvalue weighted by atomic mass is 19.4. The van der Waals surface area contributed by atoms with Gasteiger partial charge in [0.1, 0.15) is 12.2 Å². The van der Waals surface area contributed by atoms with Gasteiger partial charge in [-0.2, -0.15) is 13.2 Å². The first-order valence-corrected chi connectivity index (χ1v) is 12.3. The van der Waals surface area contributed by atoms with E-state index >= 15 is 4.39 Å². The lowest BCUT2D eigenvalue weighted by atomic mass is 9.98. The minimum Gasteiger partial charge on any atom is -0.450 e. The average Bonchev–Trinajstić information content (AvgIpc) is 2.93. The molecule has 0 aliphatic carbocycles. The van der Waals surface area contributed by atoms with Crippen LogP contribution in [0.3, 0.4) is 0 Å².